The molecule has 1 unspecified atom stereocenters. The molecule has 1 aliphatic rings. The second kappa shape index (κ2) is 6.76. The van der Waals surface area contributed by atoms with Gasteiger partial charge in [-0.3, -0.25) is 4.98 Å². The fraction of sp³-hybridized carbons (Fsp3) is 0.333. The molecular weight excluding hydrogens is 392 g/mol. The van der Waals surface area contributed by atoms with Gasteiger partial charge in [0.25, 0.3) is 0 Å². The first-order valence-corrected chi connectivity index (χ1v) is 8.22. The van der Waals surface area contributed by atoms with Crippen LogP contribution in [0.2, 0.25) is 5.02 Å². The van der Waals surface area contributed by atoms with E-state index in [4.69, 9.17) is 11.6 Å². The fourth-order valence-corrected chi connectivity index (χ4v) is 3.23. The maximum Gasteiger partial charge on any atom is 0.142 e. The van der Waals surface area contributed by atoms with Crippen molar-refractivity contribution < 1.29 is 8.78 Å². The smallest absolute Gasteiger partial charge is 0.142 e. The quantitative estimate of drug-likeness (QED) is 0.705. The summed E-state index contributed by atoms with van der Waals surface area (Å²) in [6.45, 7) is 0.273. The Morgan fingerprint density at radius 1 is 1.35 bits per heavy atom. The van der Waals surface area contributed by atoms with Crippen LogP contribution >= 0.6 is 27.5 Å². The Morgan fingerprint density at radius 3 is 2.87 bits per heavy atom. The van der Waals surface area contributed by atoms with Crippen LogP contribution in [0.4, 0.5) is 8.78 Å². The Bertz CT molecular complexity index is 747. The number of hydrogen-bond acceptors (Lipinski definition) is 4. The fourth-order valence-electron chi connectivity index (χ4n) is 2.71. The third-order valence-corrected chi connectivity index (χ3v) is 4.63. The van der Waals surface area contributed by atoms with Crippen LogP contribution in [-0.2, 0) is 12.8 Å². The van der Waals surface area contributed by atoms with Gasteiger partial charge in [-0.05, 0) is 53.9 Å². The molecule has 1 atom stereocenters. The van der Waals surface area contributed by atoms with Crippen LogP contribution in [0.15, 0.2) is 22.9 Å². The van der Waals surface area contributed by atoms with Crippen molar-refractivity contribution in [1.29, 1.82) is 0 Å². The molecule has 0 saturated heterocycles. The van der Waals surface area contributed by atoms with E-state index in [0.717, 1.165) is 17.2 Å². The molecular formula is C15H12BrClF2N3O-. The molecule has 0 amide bonds. The number of hydrogen-bond donors (Lipinski definition) is 0. The van der Waals surface area contributed by atoms with Crippen LogP contribution in [0.3, 0.4) is 0 Å². The molecule has 0 saturated carbocycles. The highest BCUT2D eigenvalue weighted by Gasteiger charge is 2.26. The molecule has 0 fully saturated rings. The molecule has 8 heteroatoms. The zero-order valence-electron chi connectivity index (χ0n) is 11.9. The highest BCUT2D eigenvalue weighted by atomic mass is 79.9. The van der Waals surface area contributed by atoms with Crippen LogP contribution in [0.1, 0.15) is 29.4 Å². The lowest BCUT2D eigenvalue weighted by molar-refractivity contribution is 0.278. The van der Waals surface area contributed by atoms with E-state index in [1.54, 1.807) is 6.20 Å². The minimum absolute atomic E-state index is 0.0212. The summed E-state index contributed by atoms with van der Waals surface area (Å²) in [5, 5.41) is 12.9. The van der Waals surface area contributed by atoms with Crippen molar-refractivity contribution in [3.05, 3.63) is 61.7 Å². The van der Waals surface area contributed by atoms with Crippen LogP contribution < -0.4 is 0 Å². The van der Waals surface area contributed by atoms with Crippen LogP contribution in [0.25, 0.3) is 0 Å². The Balaban J connectivity index is 2.05. The maximum atomic E-state index is 14.1. The molecule has 2 heterocycles. The maximum absolute atomic E-state index is 14.1. The van der Waals surface area contributed by atoms with Gasteiger partial charge in [0, 0.05) is 11.6 Å². The third kappa shape index (κ3) is 3.38. The van der Waals surface area contributed by atoms with E-state index < -0.39 is 17.7 Å². The molecule has 2 aromatic rings. The average Bonchev–Trinajstić information content (AvgIpc) is 2.67. The van der Waals surface area contributed by atoms with Crippen molar-refractivity contribution in [2.45, 2.75) is 25.3 Å². The second-order valence-electron chi connectivity index (χ2n) is 5.31. The van der Waals surface area contributed by atoms with Gasteiger partial charge < -0.3 is 10.3 Å². The monoisotopic (exact) mass is 402 g/mol. The summed E-state index contributed by atoms with van der Waals surface area (Å²) < 4.78 is 28.2. The Kier molecular flexibility index (Phi) is 4.91. The number of fused-ring (bicyclic) bond motifs is 1. The minimum Gasteiger partial charge on any atom is -0.785 e. The normalized spacial score (nSPS) is 18.6. The van der Waals surface area contributed by atoms with Gasteiger partial charge in [0.2, 0.25) is 0 Å². The van der Waals surface area contributed by atoms with Crippen molar-refractivity contribution in [2.75, 3.05) is 6.54 Å². The first-order valence-electron chi connectivity index (χ1n) is 7.05. The Labute approximate surface area is 145 Å². The zero-order chi connectivity index (χ0) is 16.6. The van der Waals surface area contributed by atoms with Crippen LogP contribution in [0, 0.1) is 16.8 Å². The predicted octanol–water partition coefficient (Wildman–Crippen LogP) is 4.20. The van der Waals surface area contributed by atoms with Crippen molar-refractivity contribution >= 4 is 27.5 Å². The van der Waals surface area contributed by atoms with Gasteiger partial charge in [0.05, 0.1) is 22.6 Å². The van der Waals surface area contributed by atoms with Crippen molar-refractivity contribution in [2.24, 2.45) is 0 Å². The third-order valence-electron chi connectivity index (χ3n) is 3.84. The van der Waals surface area contributed by atoms with Gasteiger partial charge in [0.1, 0.15) is 16.2 Å². The van der Waals surface area contributed by atoms with E-state index in [9.17, 15) is 14.0 Å². The molecule has 122 valence electrons. The van der Waals surface area contributed by atoms with E-state index in [1.165, 1.54) is 0 Å². The lowest BCUT2D eigenvalue weighted by atomic mass is 10.0. The number of hydroxylamine groups is 2. The summed E-state index contributed by atoms with van der Waals surface area (Å²) in [5.41, 5.74) is 1.16. The summed E-state index contributed by atoms with van der Waals surface area (Å²) in [4.78, 5) is 8.63. The number of halogens is 4. The molecule has 1 aromatic heterocycles. The number of nitrogens with zero attached hydrogens (tertiary/aromatic N) is 3. The molecule has 1 aromatic carbocycles. The van der Waals surface area contributed by atoms with Gasteiger partial charge >= 0.3 is 0 Å². The van der Waals surface area contributed by atoms with Gasteiger partial charge in [-0.1, -0.05) is 11.6 Å². The number of aryl methyl sites for hydroxylation is 1. The largest absolute Gasteiger partial charge is 0.785 e. The Hall–Kier alpha value is -1.15. The highest BCUT2D eigenvalue weighted by Crippen LogP contribution is 2.33. The van der Waals surface area contributed by atoms with Crippen LogP contribution in [0.5, 0.6) is 0 Å². The molecule has 0 radical (unpaired) electrons. The van der Waals surface area contributed by atoms with E-state index >= 15 is 0 Å². The molecule has 23 heavy (non-hydrogen) atoms. The molecule has 0 aliphatic carbocycles. The first kappa shape index (κ1) is 16.7. The molecule has 0 spiro atoms. The van der Waals surface area contributed by atoms with Gasteiger partial charge in [-0.25, -0.2) is 13.8 Å². The zero-order valence-corrected chi connectivity index (χ0v) is 14.2. The number of rotatable bonds is 2. The topological polar surface area (TPSA) is 52.1 Å². The molecule has 0 bridgehead atoms. The molecule has 4 nitrogen and oxygen atoms in total. The lowest BCUT2D eigenvalue weighted by Crippen LogP contribution is -2.26. The van der Waals surface area contributed by atoms with Crippen LogP contribution in [-0.4, -0.2) is 21.6 Å². The lowest BCUT2D eigenvalue weighted by Gasteiger charge is -2.35. The summed E-state index contributed by atoms with van der Waals surface area (Å²) in [6, 6.07) is 1.22. The summed E-state index contributed by atoms with van der Waals surface area (Å²) in [7, 11) is 0. The molecule has 3 rings (SSSR count). The molecule has 1 aliphatic heterocycles. The van der Waals surface area contributed by atoms with Gasteiger partial charge in [-0.15, -0.1) is 0 Å². The number of benzene rings is 1. The van der Waals surface area contributed by atoms with E-state index in [1.807, 2.05) is 0 Å². The SMILES string of the molecule is [O-]N1CCCc2ncc(Br)nc2C1Cc1c(F)ccc(F)c1Cl. The highest BCUT2D eigenvalue weighted by molar-refractivity contribution is 9.10. The summed E-state index contributed by atoms with van der Waals surface area (Å²) >= 11 is 9.12. The van der Waals surface area contributed by atoms with Gasteiger partial charge in [0.15, 0.2) is 0 Å². The minimum atomic E-state index is -0.758. The average molecular weight is 404 g/mol. The first-order chi connectivity index (χ1) is 11.0. The van der Waals surface area contributed by atoms with E-state index in [-0.39, 0.29) is 23.6 Å². The van der Waals surface area contributed by atoms with E-state index in [2.05, 4.69) is 25.9 Å². The summed E-state index contributed by atoms with van der Waals surface area (Å²) in [5.74, 6) is -1.35. The Morgan fingerprint density at radius 2 is 2.09 bits per heavy atom. The van der Waals surface area contributed by atoms with Crippen molar-refractivity contribution in [3.63, 3.8) is 0 Å². The number of aromatic nitrogens is 2. The van der Waals surface area contributed by atoms with Gasteiger partial charge in [-0.2, -0.15) is 0 Å². The van der Waals surface area contributed by atoms with Crippen molar-refractivity contribution in [3.8, 4) is 0 Å². The molecule has 0 N–H and O–H groups in total. The second-order valence-corrected chi connectivity index (χ2v) is 6.50. The van der Waals surface area contributed by atoms with Crippen molar-refractivity contribution in [1.82, 2.24) is 15.0 Å². The predicted molar refractivity (Wildman–Crippen MR) is 85.9 cm³/mol. The summed E-state index contributed by atoms with van der Waals surface area (Å²) in [6.07, 6.45) is 2.74. The van der Waals surface area contributed by atoms with E-state index in [0.29, 0.717) is 28.8 Å². The standard InChI is InChI=1S/C15H12BrClF2N3O/c16-13-7-20-11-2-1-5-22(23)12(15(11)21-13)6-8-9(18)3-4-10(19)14(8)17/h3-4,7,12H,1-2,5-6H2/q-1.